The molecular formula is C10H12F3NO3. The molecule has 96 valence electrons. The monoisotopic (exact) mass is 251 g/mol. The molecule has 0 saturated heterocycles. The van der Waals surface area contributed by atoms with Gasteiger partial charge < -0.3 is 14.5 Å². The Labute approximate surface area is 95.7 Å². The normalized spacial score (nSPS) is 13.5. The molecule has 1 atom stereocenters. The summed E-state index contributed by atoms with van der Waals surface area (Å²) in [5.41, 5.74) is 0. The van der Waals surface area contributed by atoms with Crippen LogP contribution in [-0.2, 0) is 4.74 Å². The van der Waals surface area contributed by atoms with Crippen LogP contribution in [0.3, 0.4) is 0 Å². The molecule has 0 radical (unpaired) electrons. The zero-order valence-electron chi connectivity index (χ0n) is 9.30. The first kappa shape index (κ1) is 13.6. The van der Waals surface area contributed by atoms with E-state index in [2.05, 4.69) is 10.1 Å². The quantitative estimate of drug-likeness (QED) is 0.834. The Morgan fingerprint density at radius 2 is 2.18 bits per heavy atom. The highest BCUT2D eigenvalue weighted by molar-refractivity contribution is 5.86. The Hall–Kier alpha value is -1.50. The van der Waals surface area contributed by atoms with Gasteiger partial charge in [-0.3, -0.25) is 0 Å². The summed E-state index contributed by atoms with van der Waals surface area (Å²) in [6.45, 7) is 1.67. The van der Waals surface area contributed by atoms with E-state index in [0.717, 1.165) is 19.2 Å². The van der Waals surface area contributed by atoms with Crippen molar-refractivity contribution in [1.29, 1.82) is 0 Å². The van der Waals surface area contributed by atoms with Crippen molar-refractivity contribution in [2.75, 3.05) is 13.7 Å². The average Bonchev–Trinajstić information content (AvgIpc) is 2.72. The fraction of sp³-hybridized carbons (Fsp3) is 0.500. The number of furan rings is 1. The molecule has 0 aliphatic rings. The summed E-state index contributed by atoms with van der Waals surface area (Å²) >= 11 is 0. The molecule has 1 unspecified atom stereocenters. The van der Waals surface area contributed by atoms with E-state index in [1.54, 1.807) is 6.92 Å². The molecule has 4 nitrogen and oxygen atoms in total. The topological polar surface area (TPSA) is 51.5 Å². The third-order valence-corrected chi connectivity index (χ3v) is 2.03. The van der Waals surface area contributed by atoms with Gasteiger partial charge in [-0.25, -0.2) is 4.79 Å². The fourth-order valence-corrected chi connectivity index (χ4v) is 1.30. The van der Waals surface area contributed by atoms with Crippen LogP contribution >= 0.6 is 0 Å². The molecule has 0 aromatic carbocycles. The van der Waals surface area contributed by atoms with Crippen LogP contribution < -0.4 is 5.32 Å². The summed E-state index contributed by atoms with van der Waals surface area (Å²) in [6, 6.07) is 0.329. The Morgan fingerprint density at radius 1 is 1.53 bits per heavy atom. The van der Waals surface area contributed by atoms with E-state index in [4.69, 9.17) is 4.42 Å². The molecule has 1 heterocycles. The highest BCUT2D eigenvalue weighted by atomic mass is 19.4. The first-order chi connectivity index (χ1) is 7.90. The highest BCUT2D eigenvalue weighted by Crippen LogP contribution is 2.33. The molecule has 1 rings (SSSR count). The van der Waals surface area contributed by atoms with Crippen molar-refractivity contribution in [1.82, 2.24) is 5.32 Å². The second kappa shape index (κ2) is 5.22. The largest absolute Gasteiger partial charge is 0.463 e. The van der Waals surface area contributed by atoms with Crippen LogP contribution in [0.25, 0.3) is 0 Å². The van der Waals surface area contributed by atoms with Gasteiger partial charge in [0.2, 0.25) is 5.76 Å². The minimum absolute atomic E-state index is 0.123. The number of nitrogens with one attached hydrogen (secondary N) is 1. The molecule has 1 N–H and O–H groups in total. The van der Waals surface area contributed by atoms with Crippen molar-refractivity contribution in [2.45, 2.75) is 19.1 Å². The number of ether oxygens (including phenoxy) is 1. The second-order valence-electron chi connectivity index (χ2n) is 3.23. The van der Waals surface area contributed by atoms with Gasteiger partial charge in [-0.2, -0.15) is 13.2 Å². The Bertz CT molecular complexity index is 386. The first-order valence-corrected chi connectivity index (χ1v) is 4.88. The van der Waals surface area contributed by atoms with Gasteiger partial charge >= 0.3 is 12.1 Å². The van der Waals surface area contributed by atoms with Crippen molar-refractivity contribution in [3.05, 3.63) is 23.7 Å². The second-order valence-corrected chi connectivity index (χ2v) is 3.23. The Balaban J connectivity index is 2.96. The molecule has 0 aliphatic carbocycles. The number of rotatable bonds is 4. The van der Waals surface area contributed by atoms with Crippen molar-refractivity contribution in [3.63, 3.8) is 0 Å². The van der Waals surface area contributed by atoms with Gasteiger partial charge in [-0.1, -0.05) is 6.92 Å². The van der Waals surface area contributed by atoms with E-state index in [0.29, 0.717) is 0 Å². The van der Waals surface area contributed by atoms with Gasteiger partial charge in [0.25, 0.3) is 0 Å². The van der Waals surface area contributed by atoms with Crippen LogP contribution in [0.5, 0.6) is 0 Å². The standard InChI is InChI=1S/C10H12F3NO3/c1-3-14-8(10(11,12)13)6-4-5-7(17-6)9(15)16-2/h4-5,8,14H,3H2,1-2H3. The van der Waals surface area contributed by atoms with Gasteiger partial charge in [-0.15, -0.1) is 0 Å². The van der Waals surface area contributed by atoms with Gasteiger partial charge in [0.1, 0.15) is 5.76 Å². The molecule has 0 amide bonds. The van der Waals surface area contributed by atoms with Crippen LogP contribution in [0.2, 0.25) is 0 Å². The minimum Gasteiger partial charge on any atom is -0.463 e. The lowest BCUT2D eigenvalue weighted by Crippen LogP contribution is -2.33. The predicted molar refractivity (Wildman–Crippen MR) is 52.5 cm³/mol. The van der Waals surface area contributed by atoms with Gasteiger partial charge in [0.05, 0.1) is 7.11 Å². The summed E-state index contributed by atoms with van der Waals surface area (Å²) in [5, 5.41) is 2.24. The maximum absolute atomic E-state index is 12.6. The number of hydrogen-bond donors (Lipinski definition) is 1. The number of hydrogen-bond acceptors (Lipinski definition) is 4. The Morgan fingerprint density at radius 3 is 2.65 bits per heavy atom. The summed E-state index contributed by atoms with van der Waals surface area (Å²) in [7, 11) is 1.12. The number of carbonyl (C=O) groups excluding carboxylic acids is 1. The SMILES string of the molecule is CCNC(c1ccc(C(=O)OC)o1)C(F)(F)F. The molecule has 0 fully saturated rings. The van der Waals surface area contributed by atoms with Crippen molar-refractivity contribution >= 4 is 5.97 Å². The summed E-state index contributed by atoms with van der Waals surface area (Å²) in [5.74, 6) is -1.43. The highest BCUT2D eigenvalue weighted by Gasteiger charge is 2.42. The third-order valence-electron chi connectivity index (χ3n) is 2.03. The van der Waals surface area contributed by atoms with E-state index in [1.165, 1.54) is 0 Å². The molecule has 0 bridgehead atoms. The molecule has 17 heavy (non-hydrogen) atoms. The maximum atomic E-state index is 12.6. The lowest BCUT2D eigenvalue weighted by atomic mass is 10.2. The lowest BCUT2D eigenvalue weighted by molar-refractivity contribution is -0.161. The van der Waals surface area contributed by atoms with Gasteiger partial charge in [-0.05, 0) is 18.7 Å². The van der Waals surface area contributed by atoms with E-state index in [9.17, 15) is 18.0 Å². The molecule has 0 spiro atoms. The van der Waals surface area contributed by atoms with Crippen LogP contribution in [-0.4, -0.2) is 25.8 Å². The van der Waals surface area contributed by atoms with Crippen LogP contribution in [0, 0.1) is 0 Å². The number of methoxy groups -OCH3 is 1. The maximum Gasteiger partial charge on any atom is 0.410 e. The molecule has 0 saturated carbocycles. The zero-order chi connectivity index (χ0) is 13.1. The number of alkyl halides is 3. The third kappa shape index (κ3) is 3.23. The molecular weight excluding hydrogens is 239 g/mol. The fourth-order valence-electron chi connectivity index (χ4n) is 1.30. The number of carbonyl (C=O) groups is 1. The first-order valence-electron chi connectivity index (χ1n) is 4.88. The van der Waals surface area contributed by atoms with Crippen molar-refractivity contribution < 1.29 is 27.1 Å². The Kier molecular flexibility index (Phi) is 4.17. The van der Waals surface area contributed by atoms with Crippen LogP contribution in [0.15, 0.2) is 16.5 Å². The smallest absolute Gasteiger partial charge is 0.410 e. The lowest BCUT2D eigenvalue weighted by Gasteiger charge is -2.18. The predicted octanol–water partition coefficient (Wildman–Crippen LogP) is 2.28. The van der Waals surface area contributed by atoms with Crippen LogP contribution in [0.1, 0.15) is 29.3 Å². The molecule has 7 heteroatoms. The zero-order valence-corrected chi connectivity index (χ0v) is 9.30. The number of esters is 1. The minimum atomic E-state index is -4.48. The number of halogens is 3. The molecule has 0 aliphatic heterocycles. The summed E-state index contributed by atoms with van der Waals surface area (Å²) in [4.78, 5) is 11.0. The van der Waals surface area contributed by atoms with Gasteiger partial charge in [0, 0.05) is 0 Å². The molecule has 1 aromatic heterocycles. The van der Waals surface area contributed by atoms with E-state index in [1.807, 2.05) is 0 Å². The summed E-state index contributed by atoms with van der Waals surface area (Å²) in [6.07, 6.45) is -4.48. The van der Waals surface area contributed by atoms with E-state index in [-0.39, 0.29) is 18.1 Å². The van der Waals surface area contributed by atoms with Crippen LogP contribution in [0.4, 0.5) is 13.2 Å². The summed E-state index contributed by atoms with van der Waals surface area (Å²) < 4.78 is 47.1. The van der Waals surface area contributed by atoms with E-state index < -0.39 is 18.2 Å². The van der Waals surface area contributed by atoms with Crippen molar-refractivity contribution in [2.24, 2.45) is 0 Å². The molecule has 1 aromatic rings. The van der Waals surface area contributed by atoms with Crippen molar-refractivity contribution in [3.8, 4) is 0 Å². The average molecular weight is 251 g/mol. The van der Waals surface area contributed by atoms with Gasteiger partial charge in [0.15, 0.2) is 6.04 Å². The van der Waals surface area contributed by atoms with E-state index >= 15 is 0 Å².